The average Bonchev–Trinajstić information content (AvgIpc) is 3.29. The van der Waals surface area contributed by atoms with Gasteiger partial charge in [0.05, 0.1) is 18.5 Å². The Bertz CT molecular complexity index is 1270. The number of aryl methyl sites for hydroxylation is 1. The van der Waals surface area contributed by atoms with Crippen molar-refractivity contribution in [2.45, 2.75) is 19.9 Å². The lowest BCUT2D eigenvalue weighted by Gasteiger charge is -2.29. The van der Waals surface area contributed by atoms with Gasteiger partial charge in [-0.2, -0.15) is 5.10 Å². The van der Waals surface area contributed by atoms with E-state index < -0.39 is 0 Å². The number of methoxy groups -OCH3 is 1. The normalized spacial score (nSPS) is 13.0. The summed E-state index contributed by atoms with van der Waals surface area (Å²) in [4.78, 5) is 15.6. The van der Waals surface area contributed by atoms with E-state index in [9.17, 15) is 4.79 Å². The number of benzene rings is 3. The lowest BCUT2D eigenvalue weighted by atomic mass is 9.99. The van der Waals surface area contributed by atoms with Crippen LogP contribution in [0.5, 0.6) is 5.75 Å². The van der Waals surface area contributed by atoms with Crippen molar-refractivity contribution < 1.29 is 9.53 Å². The standard InChI is InChI=1S/C27H25N3O2/c1-19-6-5-9-23(16-19)30-26(17-25(28-30)21-10-12-24(32-2)13-11-21)27(31)29-15-14-20-7-3-4-8-22(20)18-29/h3-13,16-17H,14-15,18H2,1-2H3. The first-order valence-corrected chi connectivity index (χ1v) is 10.8. The molecule has 5 nitrogen and oxygen atoms in total. The summed E-state index contributed by atoms with van der Waals surface area (Å²) in [6, 6.07) is 26.1. The Morgan fingerprint density at radius 1 is 0.938 bits per heavy atom. The highest BCUT2D eigenvalue weighted by atomic mass is 16.5. The number of fused-ring (bicyclic) bond motifs is 1. The van der Waals surface area contributed by atoms with E-state index in [-0.39, 0.29) is 5.91 Å². The van der Waals surface area contributed by atoms with Gasteiger partial charge < -0.3 is 9.64 Å². The Morgan fingerprint density at radius 3 is 2.47 bits per heavy atom. The topological polar surface area (TPSA) is 47.4 Å². The number of carbonyl (C=O) groups is 1. The van der Waals surface area contributed by atoms with Gasteiger partial charge in [-0.05, 0) is 72.5 Å². The zero-order valence-corrected chi connectivity index (χ0v) is 18.3. The highest BCUT2D eigenvalue weighted by Crippen LogP contribution is 2.27. The Kier molecular flexibility index (Phi) is 5.23. The van der Waals surface area contributed by atoms with Crippen LogP contribution in [0.1, 0.15) is 27.2 Å². The van der Waals surface area contributed by atoms with E-state index in [2.05, 4.69) is 18.2 Å². The second-order valence-corrected chi connectivity index (χ2v) is 8.14. The summed E-state index contributed by atoms with van der Waals surface area (Å²) in [5.74, 6) is 0.781. The van der Waals surface area contributed by atoms with Crippen LogP contribution in [0.4, 0.5) is 0 Å². The fourth-order valence-corrected chi connectivity index (χ4v) is 4.22. The Labute approximate surface area is 187 Å². The molecule has 1 aliphatic heterocycles. The second-order valence-electron chi connectivity index (χ2n) is 8.14. The van der Waals surface area contributed by atoms with Gasteiger partial charge in [0.25, 0.3) is 5.91 Å². The maximum Gasteiger partial charge on any atom is 0.272 e. The summed E-state index contributed by atoms with van der Waals surface area (Å²) in [5.41, 5.74) is 6.80. The summed E-state index contributed by atoms with van der Waals surface area (Å²) >= 11 is 0. The fourth-order valence-electron chi connectivity index (χ4n) is 4.22. The van der Waals surface area contributed by atoms with Crippen LogP contribution in [-0.2, 0) is 13.0 Å². The molecule has 0 bridgehead atoms. The first-order chi connectivity index (χ1) is 15.6. The van der Waals surface area contributed by atoms with E-state index in [4.69, 9.17) is 9.84 Å². The van der Waals surface area contributed by atoms with Crippen LogP contribution in [0, 0.1) is 6.92 Å². The van der Waals surface area contributed by atoms with E-state index >= 15 is 0 Å². The van der Waals surface area contributed by atoms with Crippen molar-refractivity contribution in [1.29, 1.82) is 0 Å². The third kappa shape index (κ3) is 3.78. The van der Waals surface area contributed by atoms with Crippen molar-refractivity contribution >= 4 is 5.91 Å². The number of aromatic nitrogens is 2. The summed E-state index contributed by atoms with van der Waals surface area (Å²) in [7, 11) is 1.65. The molecule has 160 valence electrons. The van der Waals surface area contributed by atoms with Crippen LogP contribution in [0.2, 0.25) is 0 Å². The van der Waals surface area contributed by atoms with Crippen LogP contribution in [0.25, 0.3) is 16.9 Å². The second kappa shape index (κ2) is 8.35. The SMILES string of the molecule is COc1ccc(-c2cc(C(=O)N3CCc4ccccc4C3)n(-c3cccc(C)c3)n2)cc1. The number of hydrogen-bond donors (Lipinski definition) is 0. The zero-order valence-electron chi connectivity index (χ0n) is 18.3. The van der Waals surface area contributed by atoms with E-state index in [1.54, 1.807) is 11.8 Å². The van der Waals surface area contributed by atoms with Gasteiger partial charge in [-0.25, -0.2) is 4.68 Å². The molecule has 1 aliphatic rings. The Morgan fingerprint density at radius 2 is 1.72 bits per heavy atom. The van der Waals surface area contributed by atoms with E-state index in [0.29, 0.717) is 18.8 Å². The van der Waals surface area contributed by atoms with Gasteiger partial charge in [0.15, 0.2) is 0 Å². The molecule has 1 amide bonds. The molecule has 3 aromatic carbocycles. The molecule has 0 spiro atoms. The van der Waals surface area contributed by atoms with Crippen molar-refractivity contribution in [3.05, 3.63) is 101 Å². The Hall–Kier alpha value is -3.86. The molecule has 0 radical (unpaired) electrons. The minimum Gasteiger partial charge on any atom is -0.497 e. The maximum atomic E-state index is 13.7. The molecule has 5 heteroatoms. The quantitative estimate of drug-likeness (QED) is 0.461. The number of ether oxygens (including phenoxy) is 1. The van der Waals surface area contributed by atoms with Gasteiger partial charge in [0.2, 0.25) is 0 Å². The smallest absolute Gasteiger partial charge is 0.272 e. The molecular formula is C27H25N3O2. The first kappa shape index (κ1) is 20.1. The van der Waals surface area contributed by atoms with Crippen molar-refractivity contribution in [2.24, 2.45) is 0 Å². The summed E-state index contributed by atoms with van der Waals surface area (Å²) < 4.78 is 7.05. The number of rotatable bonds is 4. The average molecular weight is 424 g/mol. The van der Waals surface area contributed by atoms with E-state index in [0.717, 1.165) is 34.7 Å². The minimum absolute atomic E-state index is 0.00623. The van der Waals surface area contributed by atoms with E-state index in [1.165, 1.54) is 11.1 Å². The van der Waals surface area contributed by atoms with Crippen LogP contribution in [-0.4, -0.2) is 34.2 Å². The molecule has 5 rings (SSSR count). The number of carbonyl (C=O) groups excluding carboxylic acids is 1. The van der Waals surface area contributed by atoms with Gasteiger partial charge in [0.1, 0.15) is 11.4 Å². The van der Waals surface area contributed by atoms with Crippen molar-refractivity contribution in [3.63, 3.8) is 0 Å². The predicted octanol–water partition coefficient (Wildman–Crippen LogP) is 5.05. The van der Waals surface area contributed by atoms with Crippen molar-refractivity contribution in [1.82, 2.24) is 14.7 Å². The van der Waals surface area contributed by atoms with E-state index in [1.807, 2.05) is 72.5 Å². The third-order valence-corrected chi connectivity index (χ3v) is 5.98. The number of nitrogens with zero attached hydrogens (tertiary/aromatic N) is 3. The van der Waals surface area contributed by atoms with Crippen LogP contribution >= 0.6 is 0 Å². The van der Waals surface area contributed by atoms with Gasteiger partial charge in [-0.3, -0.25) is 4.79 Å². The van der Waals surface area contributed by atoms with Crippen LogP contribution in [0.15, 0.2) is 78.9 Å². The predicted molar refractivity (Wildman–Crippen MR) is 125 cm³/mol. The summed E-state index contributed by atoms with van der Waals surface area (Å²) in [6.45, 7) is 3.36. The van der Waals surface area contributed by atoms with Crippen molar-refractivity contribution in [2.75, 3.05) is 13.7 Å². The molecule has 4 aromatic rings. The molecule has 0 atom stereocenters. The zero-order chi connectivity index (χ0) is 22.1. The lowest BCUT2D eigenvalue weighted by Crippen LogP contribution is -2.37. The molecule has 0 N–H and O–H groups in total. The van der Waals surface area contributed by atoms with Crippen LogP contribution in [0.3, 0.4) is 0 Å². The molecule has 2 heterocycles. The molecule has 0 unspecified atom stereocenters. The molecule has 0 fully saturated rings. The molecular weight excluding hydrogens is 398 g/mol. The van der Waals surface area contributed by atoms with Gasteiger partial charge in [0, 0.05) is 18.7 Å². The molecule has 32 heavy (non-hydrogen) atoms. The van der Waals surface area contributed by atoms with Gasteiger partial charge in [-0.15, -0.1) is 0 Å². The number of hydrogen-bond acceptors (Lipinski definition) is 3. The largest absolute Gasteiger partial charge is 0.497 e. The maximum absolute atomic E-state index is 13.7. The molecule has 0 aliphatic carbocycles. The minimum atomic E-state index is -0.00623. The third-order valence-electron chi connectivity index (χ3n) is 5.98. The molecule has 1 aromatic heterocycles. The lowest BCUT2D eigenvalue weighted by molar-refractivity contribution is 0.0725. The molecule has 0 saturated heterocycles. The fraction of sp³-hybridized carbons (Fsp3) is 0.185. The Balaban J connectivity index is 1.55. The first-order valence-electron chi connectivity index (χ1n) is 10.8. The van der Waals surface area contributed by atoms with Gasteiger partial charge >= 0.3 is 0 Å². The van der Waals surface area contributed by atoms with Crippen molar-refractivity contribution in [3.8, 4) is 22.7 Å². The molecule has 0 saturated carbocycles. The van der Waals surface area contributed by atoms with Gasteiger partial charge in [-0.1, -0.05) is 36.4 Å². The summed E-state index contributed by atoms with van der Waals surface area (Å²) in [5, 5.41) is 4.84. The highest BCUT2D eigenvalue weighted by Gasteiger charge is 2.26. The highest BCUT2D eigenvalue weighted by molar-refractivity contribution is 5.94. The van der Waals surface area contributed by atoms with Crippen LogP contribution < -0.4 is 4.74 Å². The summed E-state index contributed by atoms with van der Waals surface area (Å²) in [6.07, 6.45) is 0.867. The monoisotopic (exact) mass is 423 g/mol. The number of amides is 1.